The highest BCUT2D eigenvalue weighted by molar-refractivity contribution is 5.51. The van der Waals surface area contributed by atoms with Crippen LogP contribution in [0.3, 0.4) is 0 Å². The lowest BCUT2D eigenvalue weighted by atomic mass is 10.1. The lowest BCUT2D eigenvalue weighted by Gasteiger charge is -2.17. The van der Waals surface area contributed by atoms with Gasteiger partial charge in [-0.3, -0.25) is 0 Å². The summed E-state index contributed by atoms with van der Waals surface area (Å²) in [6.07, 6.45) is 1.83. The van der Waals surface area contributed by atoms with E-state index in [1.54, 1.807) is 0 Å². The minimum absolute atomic E-state index is 0.732. The predicted molar refractivity (Wildman–Crippen MR) is 86.2 cm³/mol. The van der Waals surface area contributed by atoms with E-state index in [1.807, 2.05) is 42.5 Å². The van der Waals surface area contributed by atoms with Crippen LogP contribution in [0, 0.1) is 11.8 Å². The molecule has 106 valence electrons. The van der Waals surface area contributed by atoms with Gasteiger partial charge in [-0.2, -0.15) is 0 Å². The first-order chi connectivity index (χ1) is 10.3. The predicted octanol–water partition coefficient (Wildman–Crippen LogP) is 3.37. The van der Waals surface area contributed by atoms with Gasteiger partial charge in [0.25, 0.3) is 0 Å². The van der Waals surface area contributed by atoms with Crippen molar-refractivity contribution in [3.63, 3.8) is 0 Å². The zero-order chi connectivity index (χ0) is 14.5. The number of benzene rings is 2. The Hall–Kier alpha value is -2.24. The molecular weight excluding hydrogens is 258 g/mol. The quantitative estimate of drug-likeness (QED) is 0.851. The van der Waals surface area contributed by atoms with E-state index in [2.05, 4.69) is 28.9 Å². The summed E-state index contributed by atoms with van der Waals surface area (Å²) >= 11 is 0. The first kappa shape index (κ1) is 13.7. The van der Waals surface area contributed by atoms with E-state index in [1.165, 1.54) is 18.5 Å². The van der Waals surface area contributed by atoms with Gasteiger partial charge in [-0.1, -0.05) is 42.2 Å². The van der Waals surface area contributed by atoms with Crippen molar-refractivity contribution in [3.8, 4) is 11.8 Å². The molecular formula is C19H19NO. The van der Waals surface area contributed by atoms with Crippen LogP contribution in [0.5, 0.6) is 0 Å². The molecule has 0 radical (unpaired) electrons. The molecule has 2 heteroatoms. The van der Waals surface area contributed by atoms with E-state index in [0.29, 0.717) is 0 Å². The molecule has 2 nitrogen and oxygen atoms in total. The summed E-state index contributed by atoms with van der Waals surface area (Å²) in [6.45, 7) is 2.30. The van der Waals surface area contributed by atoms with Crippen molar-refractivity contribution in [3.05, 3.63) is 65.7 Å². The van der Waals surface area contributed by atoms with Gasteiger partial charge in [0, 0.05) is 24.3 Å². The van der Waals surface area contributed by atoms with Gasteiger partial charge >= 0.3 is 0 Å². The molecule has 1 unspecified atom stereocenters. The summed E-state index contributed by atoms with van der Waals surface area (Å²) in [5.41, 5.74) is 3.04. The highest BCUT2D eigenvalue weighted by Crippen LogP contribution is 2.20. The number of hydrogen-bond acceptors (Lipinski definition) is 2. The highest BCUT2D eigenvalue weighted by atomic mass is 16.3. The van der Waals surface area contributed by atoms with E-state index in [9.17, 15) is 5.11 Å². The van der Waals surface area contributed by atoms with Crippen LogP contribution in [0.4, 0.5) is 5.69 Å². The van der Waals surface area contributed by atoms with Crippen LogP contribution in [0.25, 0.3) is 0 Å². The summed E-state index contributed by atoms with van der Waals surface area (Å²) in [5, 5.41) is 10.0. The molecule has 1 N–H and O–H groups in total. The first-order valence-electron chi connectivity index (χ1n) is 7.42. The number of nitrogens with zero attached hydrogens (tertiary/aromatic N) is 1. The van der Waals surface area contributed by atoms with Gasteiger partial charge in [0.2, 0.25) is 0 Å². The van der Waals surface area contributed by atoms with Crippen molar-refractivity contribution >= 4 is 5.69 Å². The smallest absolute Gasteiger partial charge is 0.140 e. The third-order valence-electron chi connectivity index (χ3n) is 3.81. The molecule has 1 heterocycles. The molecule has 0 spiro atoms. The number of hydrogen-bond donors (Lipinski definition) is 1. The van der Waals surface area contributed by atoms with E-state index in [4.69, 9.17) is 0 Å². The number of rotatable bonds is 2. The molecule has 1 aliphatic rings. The number of aliphatic hydroxyl groups excluding tert-OH is 1. The Kier molecular flexibility index (Phi) is 4.23. The van der Waals surface area contributed by atoms with E-state index in [0.717, 1.165) is 24.2 Å². The van der Waals surface area contributed by atoms with Gasteiger partial charge < -0.3 is 10.0 Å². The molecule has 1 aliphatic heterocycles. The van der Waals surface area contributed by atoms with E-state index >= 15 is 0 Å². The third-order valence-corrected chi connectivity index (χ3v) is 3.81. The van der Waals surface area contributed by atoms with Crippen molar-refractivity contribution in [2.24, 2.45) is 0 Å². The Balaban J connectivity index is 1.69. The standard InChI is InChI=1S/C19H19NO/c21-19(17-6-2-1-3-7-17)13-10-16-8-11-18(12-9-16)20-14-4-5-15-20/h1-3,6-9,11-12,19,21H,4-5,14-15H2. The maximum absolute atomic E-state index is 10.0. The summed E-state index contributed by atoms with van der Waals surface area (Å²) in [7, 11) is 0. The molecule has 0 aromatic heterocycles. The summed E-state index contributed by atoms with van der Waals surface area (Å²) < 4.78 is 0. The normalized spacial score (nSPS) is 15.4. The Morgan fingerprint density at radius 3 is 2.24 bits per heavy atom. The molecule has 3 rings (SSSR count). The molecule has 2 aromatic carbocycles. The van der Waals surface area contributed by atoms with Crippen molar-refractivity contribution in [2.45, 2.75) is 18.9 Å². The zero-order valence-electron chi connectivity index (χ0n) is 12.0. The van der Waals surface area contributed by atoms with Gasteiger partial charge in [-0.25, -0.2) is 0 Å². The Morgan fingerprint density at radius 1 is 0.905 bits per heavy atom. The van der Waals surface area contributed by atoms with E-state index in [-0.39, 0.29) is 0 Å². The van der Waals surface area contributed by atoms with Crippen LogP contribution in [-0.2, 0) is 0 Å². The van der Waals surface area contributed by atoms with Crippen LogP contribution in [0.1, 0.15) is 30.1 Å². The molecule has 0 bridgehead atoms. The largest absolute Gasteiger partial charge is 0.376 e. The monoisotopic (exact) mass is 277 g/mol. The van der Waals surface area contributed by atoms with Crippen LogP contribution in [-0.4, -0.2) is 18.2 Å². The van der Waals surface area contributed by atoms with Crippen LogP contribution < -0.4 is 4.90 Å². The average molecular weight is 277 g/mol. The van der Waals surface area contributed by atoms with Gasteiger partial charge in [-0.05, 0) is 42.7 Å². The maximum atomic E-state index is 10.0. The second-order valence-corrected chi connectivity index (χ2v) is 5.32. The van der Waals surface area contributed by atoms with Gasteiger partial charge in [0.05, 0.1) is 0 Å². The highest BCUT2D eigenvalue weighted by Gasteiger charge is 2.11. The first-order valence-corrected chi connectivity index (χ1v) is 7.42. The fourth-order valence-corrected chi connectivity index (χ4v) is 2.60. The van der Waals surface area contributed by atoms with Crippen LogP contribution in [0.2, 0.25) is 0 Å². The maximum Gasteiger partial charge on any atom is 0.140 e. The molecule has 1 saturated heterocycles. The van der Waals surface area contributed by atoms with E-state index < -0.39 is 6.10 Å². The van der Waals surface area contributed by atoms with Crippen molar-refractivity contribution < 1.29 is 5.11 Å². The van der Waals surface area contributed by atoms with Gasteiger partial charge in [0.1, 0.15) is 6.10 Å². The molecule has 1 atom stereocenters. The lowest BCUT2D eigenvalue weighted by molar-refractivity contribution is 0.238. The second-order valence-electron chi connectivity index (χ2n) is 5.32. The fraction of sp³-hybridized carbons (Fsp3) is 0.263. The van der Waals surface area contributed by atoms with Crippen LogP contribution >= 0.6 is 0 Å². The van der Waals surface area contributed by atoms with Crippen molar-refractivity contribution in [1.82, 2.24) is 0 Å². The average Bonchev–Trinajstić information content (AvgIpc) is 3.08. The zero-order valence-corrected chi connectivity index (χ0v) is 12.0. The molecule has 21 heavy (non-hydrogen) atoms. The van der Waals surface area contributed by atoms with Gasteiger partial charge in [0.15, 0.2) is 0 Å². The van der Waals surface area contributed by atoms with Gasteiger partial charge in [-0.15, -0.1) is 0 Å². The second kappa shape index (κ2) is 6.47. The Morgan fingerprint density at radius 2 is 1.57 bits per heavy atom. The third kappa shape index (κ3) is 3.45. The molecule has 1 fully saturated rings. The molecule has 2 aromatic rings. The van der Waals surface area contributed by atoms with Crippen LogP contribution in [0.15, 0.2) is 54.6 Å². The molecule has 0 amide bonds. The topological polar surface area (TPSA) is 23.5 Å². The minimum Gasteiger partial charge on any atom is -0.376 e. The Bertz CT molecular complexity index is 631. The lowest BCUT2D eigenvalue weighted by Crippen LogP contribution is -2.17. The number of anilines is 1. The summed E-state index contributed by atoms with van der Waals surface area (Å²) in [6, 6.07) is 17.8. The fourth-order valence-electron chi connectivity index (χ4n) is 2.60. The molecule has 0 saturated carbocycles. The SMILES string of the molecule is OC(C#Cc1ccc(N2CCCC2)cc1)c1ccccc1. The minimum atomic E-state index is -0.732. The van der Waals surface area contributed by atoms with Crippen molar-refractivity contribution in [2.75, 3.05) is 18.0 Å². The summed E-state index contributed by atoms with van der Waals surface area (Å²) in [5.74, 6) is 5.94. The van der Waals surface area contributed by atoms with Crippen molar-refractivity contribution in [1.29, 1.82) is 0 Å². The Labute approximate surface area is 126 Å². The molecule has 0 aliphatic carbocycles. The summed E-state index contributed by atoms with van der Waals surface area (Å²) in [4.78, 5) is 2.40. The number of aliphatic hydroxyl groups is 1.